The van der Waals surface area contributed by atoms with E-state index in [9.17, 15) is 9.59 Å². The smallest absolute Gasteiger partial charge is 0.305 e. The van der Waals surface area contributed by atoms with Gasteiger partial charge in [-0.15, -0.1) is 11.8 Å². The number of hydrogen-bond donors (Lipinski definition) is 2. The maximum absolute atomic E-state index is 12.2. The monoisotopic (exact) mass is 410 g/mol. The fourth-order valence-electron chi connectivity index (χ4n) is 2.40. The van der Waals surface area contributed by atoms with E-state index in [0.717, 1.165) is 10.5 Å². The van der Waals surface area contributed by atoms with Crippen molar-refractivity contribution in [2.45, 2.75) is 30.6 Å². The fraction of sp³-hybridized carbons (Fsp3) is 0.182. The highest BCUT2D eigenvalue weighted by atomic mass is 32.2. The molecule has 3 rings (SSSR count). The summed E-state index contributed by atoms with van der Waals surface area (Å²) in [7, 11) is 0. The van der Waals surface area contributed by atoms with Gasteiger partial charge in [0.2, 0.25) is 0 Å². The highest BCUT2D eigenvalue weighted by Gasteiger charge is 2.17. The van der Waals surface area contributed by atoms with Gasteiger partial charge in [0.1, 0.15) is 18.1 Å². The van der Waals surface area contributed by atoms with Crippen molar-refractivity contribution in [2.24, 2.45) is 0 Å². The first-order valence-electron chi connectivity index (χ1n) is 9.11. The van der Waals surface area contributed by atoms with Crippen molar-refractivity contribution in [1.29, 1.82) is 0 Å². The molecule has 3 aromatic rings. The molecule has 1 atom stereocenters. The van der Waals surface area contributed by atoms with Gasteiger partial charge in [0.05, 0.1) is 5.25 Å². The van der Waals surface area contributed by atoms with E-state index in [2.05, 4.69) is 10.9 Å². The number of hydrazine groups is 1. The van der Waals surface area contributed by atoms with Crippen LogP contribution in [0.25, 0.3) is 0 Å². The molecule has 0 fully saturated rings. The number of rotatable bonds is 7. The topological polar surface area (TPSA) is 80.6 Å². The minimum absolute atomic E-state index is 0.0933. The second-order valence-corrected chi connectivity index (χ2v) is 7.80. The lowest BCUT2D eigenvalue weighted by Gasteiger charge is -2.12. The third-order valence-corrected chi connectivity index (χ3v) is 5.12. The van der Waals surface area contributed by atoms with Crippen LogP contribution in [0.1, 0.15) is 28.8 Å². The Bertz CT molecular complexity index is 954. The highest BCUT2D eigenvalue weighted by molar-refractivity contribution is 8.00. The first-order valence-corrected chi connectivity index (χ1v) is 9.99. The number of nitrogens with one attached hydrogen (secondary N) is 2. The molecule has 0 aliphatic rings. The Kier molecular flexibility index (Phi) is 6.97. The normalized spacial score (nSPS) is 11.5. The van der Waals surface area contributed by atoms with Crippen molar-refractivity contribution in [1.82, 2.24) is 10.9 Å². The molecule has 0 aliphatic carbocycles. The van der Waals surface area contributed by atoms with Crippen molar-refractivity contribution >= 4 is 23.6 Å². The van der Waals surface area contributed by atoms with E-state index < -0.39 is 5.91 Å². The minimum atomic E-state index is -0.531. The van der Waals surface area contributed by atoms with Crippen LogP contribution in [-0.2, 0) is 11.4 Å². The Morgan fingerprint density at radius 1 is 1.00 bits per heavy atom. The molecule has 1 aromatic heterocycles. The maximum atomic E-state index is 12.2. The zero-order valence-corrected chi connectivity index (χ0v) is 17.0. The van der Waals surface area contributed by atoms with Crippen LogP contribution >= 0.6 is 11.8 Å². The number of para-hydroxylation sites is 1. The van der Waals surface area contributed by atoms with Gasteiger partial charge in [0.25, 0.3) is 5.91 Å². The molecule has 2 aromatic carbocycles. The Balaban J connectivity index is 1.45. The third-order valence-electron chi connectivity index (χ3n) is 4.01. The number of thioether (sulfide) groups is 1. The van der Waals surface area contributed by atoms with Gasteiger partial charge in [0.15, 0.2) is 5.76 Å². The van der Waals surface area contributed by atoms with E-state index in [1.54, 1.807) is 13.0 Å². The van der Waals surface area contributed by atoms with Crippen LogP contribution in [0.5, 0.6) is 5.75 Å². The van der Waals surface area contributed by atoms with Crippen LogP contribution < -0.4 is 15.6 Å². The molecule has 2 amide bonds. The number of benzene rings is 2. The van der Waals surface area contributed by atoms with E-state index in [1.165, 1.54) is 17.8 Å². The van der Waals surface area contributed by atoms with Gasteiger partial charge in [-0.2, -0.15) is 0 Å². The largest absolute Gasteiger partial charge is 0.486 e. The van der Waals surface area contributed by atoms with E-state index in [-0.39, 0.29) is 23.5 Å². The van der Waals surface area contributed by atoms with Gasteiger partial charge < -0.3 is 9.15 Å². The van der Waals surface area contributed by atoms with E-state index in [1.807, 2.05) is 61.5 Å². The van der Waals surface area contributed by atoms with Gasteiger partial charge in [-0.1, -0.05) is 35.9 Å². The predicted molar refractivity (Wildman–Crippen MR) is 112 cm³/mol. The predicted octanol–water partition coefficient (Wildman–Crippen LogP) is 4.11. The molecule has 6 nitrogen and oxygen atoms in total. The number of hydrogen-bond acceptors (Lipinski definition) is 5. The van der Waals surface area contributed by atoms with Crippen LogP contribution in [-0.4, -0.2) is 17.1 Å². The second kappa shape index (κ2) is 9.84. The first-order chi connectivity index (χ1) is 14.0. The van der Waals surface area contributed by atoms with Crippen LogP contribution in [0.2, 0.25) is 0 Å². The van der Waals surface area contributed by atoms with Crippen molar-refractivity contribution < 1.29 is 18.7 Å². The Labute approximate surface area is 173 Å². The average Bonchev–Trinajstić information content (AvgIpc) is 3.22. The van der Waals surface area contributed by atoms with Crippen molar-refractivity contribution in [2.75, 3.05) is 0 Å². The number of ether oxygens (including phenoxy) is 1. The number of carbonyl (C=O) groups excluding carboxylic acids is 2. The lowest BCUT2D eigenvalue weighted by Crippen LogP contribution is -2.44. The Morgan fingerprint density at radius 2 is 1.72 bits per heavy atom. The number of carbonyl (C=O) groups is 2. The summed E-state index contributed by atoms with van der Waals surface area (Å²) in [6, 6.07) is 20.4. The zero-order valence-electron chi connectivity index (χ0n) is 16.2. The van der Waals surface area contributed by atoms with E-state index in [4.69, 9.17) is 9.15 Å². The fourth-order valence-corrected chi connectivity index (χ4v) is 3.27. The van der Waals surface area contributed by atoms with E-state index >= 15 is 0 Å². The summed E-state index contributed by atoms with van der Waals surface area (Å²) >= 11 is 1.41. The molecular formula is C22H22N2O4S. The molecule has 0 unspecified atom stereocenters. The molecule has 0 saturated heterocycles. The number of amides is 2. The molecule has 0 spiro atoms. The third kappa shape index (κ3) is 6.15. The van der Waals surface area contributed by atoms with Crippen LogP contribution in [0.4, 0.5) is 0 Å². The quantitative estimate of drug-likeness (QED) is 0.453. The number of furan rings is 1. The van der Waals surface area contributed by atoms with Crippen molar-refractivity contribution in [3.63, 3.8) is 0 Å². The van der Waals surface area contributed by atoms with Gasteiger partial charge in [-0.3, -0.25) is 20.4 Å². The molecular weight excluding hydrogens is 388 g/mol. The SMILES string of the molecule is Cc1ccc(S[C@@H](C)C(=O)NNC(=O)c2ccc(COc3ccccc3)o2)cc1. The molecule has 29 heavy (non-hydrogen) atoms. The van der Waals surface area contributed by atoms with Crippen LogP contribution in [0.15, 0.2) is 76.0 Å². The molecule has 0 saturated carbocycles. The van der Waals surface area contributed by atoms with E-state index in [0.29, 0.717) is 11.5 Å². The minimum Gasteiger partial charge on any atom is -0.486 e. The maximum Gasteiger partial charge on any atom is 0.305 e. The van der Waals surface area contributed by atoms with Gasteiger partial charge in [0, 0.05) is 4.90 Å². The molecule has 150 valence electrons. The standard InChI is InChI=1S/C22H22N2O4S/c1-15-8-11-19(12-9-15)29-16(2)21(25)23-24-22(26)20-13-10-18(28-20)14-27-17-6-4-3-5-7-17/h3-13,16H,14H2,1-2H3,(H,23,25)(H,24,26)/t16-/m0/s1. The number of aryl methyl sites for hydroxylation is 1. The van der Waals surface area contributed by atoms with Crippen LogP contribution in [0.3, 0.4) is 0 Å². The van der Waals surface area contributed by atoms with Crippen molar-refractivity contribution in [3.05, 3.63) is 83.8 Å². The molecule has 1 heterocycles. The first kappa shape index (κ1) is 20.5. The summed E-state index contributed by atoms with van der Waals surface area (Å²) in [4.78, 5) is 25.4. The molecule has 0 aliphatic heterocycles. The Morgan fingerprint density at radius 3 is 2.45 bits per heavy atom. The summed E-state index contributed by atoms with van der Waals surface area (Å²) < 4.78 is 11.1. The summed E-state index contributed by atoms with van der Waals surface area (Å²) in [6.07, 6.45) is 0. The molecule has 2 N–H and O–H groups in total. The Hall–Kier alpha value is -3.19. The van der Waals surface area contributed by atoms with Gasteiger partial charge in [-0.05, 0) is 50.2 Å². The van der Waals surface area contributed by atoms with Gasteiger partial charge >= 0.3 is 5.91 Å². The van der Waals surface area contributed by atoms with Crippen LogP contribution in [0, 0.1) is 6.92 Å². The summed E-state index contributed by atoms with van der Waals surface area (Å²) in [6.45, 7) is 3.99. The lowest BCUT2D eigenvalue weighted by molar-refractivity contribution is -0.121. The lowest BCUT2D eigenvalue weighted by atomic mass is 10.2. The second-order valence-electron chi connectivity index (χ2n) is 6.38. The highest BCUT2D eigenvalue weighted by Crippen LogP contribution is 2.23. The average molecular weight is 410 g/mol. The summed E-state index contributed by atoms with van der Waals surface area (Å²) in [5.41, 5.74) is 5.96. The molecule has 0 radical (unpaired) electrons. The zero-order chi connectivity index (χ0) is 20.6. The van der Waals surface area contributed by atoms with Crippen molar-refractivity contribution in [3.8, 4) is 5.75 Å². The summed E-state index contributed by atoms with van der Waals surface area (Å²) in [5.74, 6) is 0.478. The molecule has 0 bridgehead atoms. The van der Waals surface area contributed by atoms with Gasteiger partial charge in [-0.25, -0.2) is 0 Å². The summed E-state index contributed by atoms with van der Waals surface area (Å²) in [5, 5.41) is -0.371. The molecule has 7 heteroatoms.